The van der Waals surface area contributed by atoms with Crippen LogP contribution < -0.4 is 0 Å². The standard InChI is InChI=1S/C13H14N2O/c1-9(2)10-3-5-11(6-4-10)13-12(8-16)7-14-15-13/h3-9H,1-2H3,(H,14,15). The SMILES string of the molecule is CC(C)c1ccc(-c2[nH]ncc2C=O)cc1. The Kier molecular flexibility index (Phi) is 2.86. The van der Waals surface area contributed by atoms with Gasteiger partial charge in [-0.25, -0.2) is 0 Å². The first-order valence-corrected chi connectivity index (χ1v) is 5.31. The molecule has 0 amide bonds. The number of benzene rings is 1. The van der Waals surface area contributed by atoms with E-state index in [1.807, 2.05) is 12.1 Å². The Bertz CT molecular complexity index is 483. The third-order valence-electron chi connectivity index (χ3n) is 2.66. The Hall–Kier alpha value is -1.90. The summed E-state index contributed by atoms with van der Waals surface area (Å²) in [6.45, 7) is 4.31. The van der Waals surface area contributed by atoms with Gasteiger partial charge in [-0.2, -0.15) is 5.10 Å². The summed E-state index contributed by atoms with van der Waals surface area (Å²) in [4.78, 5) is 10.8. The minimum absolute atomic E-state index is 0.515. The summed E-state index contributed by atoms with van der Waals surface area (Å²) >= 11 is 0. The van der Waals surface area contributed by atoms with Crippen LogP contribution in [0.15, 0.2) is 30.5 Å². The van der Waals surface area contributed by atoms with Gasteiger partial charge in [0.2, 0.25) is 0 Å². The first-order valence-electron chi connectivity index (χ1n) is 5.31. The van der Waals surface area contributed by atoms with Crippen molar-refractivity contribution in [3.05, 3.63) is 41.6 Å². The summed E-state index contributed by atoms with van der Waals surface area (Å²) < 4.78 is 0. The molecule has 0 fully saturated rings. The molecule has 0 saturated heterocycles. The molecule has 0 aliphatic rings. The summed E-state index contributed by atoms with van der Waals surface area (Å²) in [7, 11) is 0. The van der Waals surface area contributed by atoms with Gasteiger partial charge in [0, 0.05) is 5.56 Å². The van der Waals surface area contributed by atoms with E-state index in [1.54, 1.807) is 6.20 Å². The number of rotatable bonds is 3. The number of nitrogens with zero attached hydrogens (tertiary/aromatic N) is 1. The maximum Gasteiger partial charge on any atom is 0.153 e. The van der Waals surface area contributed by atoms with E-state index in [-0.39, 0.29) is 0 Å². The van der Waals surface area contributed by atoms with E-state index < -0.39 is 0 Å². The normalized spacial score (nSPS) is 10.7. The third-order valence-corrected chi connectivity index (χ3v) is 2.66. The highest BCUT2D eigenvalue weighted by atomic mass is 16.1. The van der Waals surface area contributed by atoms with Crippen molar-refractivity contribution in [3.8, 4) is 11.3 Å². The molecule has 1 aromatic carbocycles. The third kappa shape index (κ3) is 1.89. The number of carbonyl (C=O) groups is 1. The highest BCUT2D eigenvalue weighted by Crippen LogP contribution is 2.22. The largest absolute Gasteiger partial charge is 0.298 e. The molecule has 0 aliphatic heterocycles. The summed E-state index contributed by atoms with van der Waals surface area (Å²) in [5, 5.41) is 6.71. The van der Waals surface area contributed by atoms with Gasteiger partial charge in [0.1, 0.15) is 0 Å². The predicted molar refractivity (Wildman–Crippen MR) is 63.5 cm³/mol. The van der Waals surface area contributed by atoms with Crippen LogP contribution in [0.2, 0.25) is 0 Å². The zero-order valence-electron chi connectivity index (χ0n) is 9.40. The monoisotopic (exact) mass is 214 g/mol. The van der Waals surface area contributed by atoms with Gasteiger partial charge in [-0.15, -0.1) is 0 Å². The van der Waals surface area contributed by atoms with Crippen molar-refractivity contribution < 1.29 is 4.79 Å². The minimum atomic E-state index is 0.515. The van der Waals surface area contributed by atoms with Crippen molar-refractivity contribution in [1.29, 1.82) is 0 Å². The zero-order valence-corrected chi connectivity index (χ0v) is 9.40. The van der Waals surface area contributed by atoms with Gasteiger partial charge >= 0.3 is 0 Å². The first kappa shape index (κ1) is 10.6. The van der Waals surface area contributed by atoms with Gasteiger partial charge in [-0.05, 0) is 11.5 Å². The molecule has 3 nitrogen and oxygen atoms in total. The van der Waals surface area contributed by atoms with E-state index >= 15 is 0 Å². The molecule has 0 spiro atoms. The number of hydrogen-bond acceptors (Lipinski definition) is 2. The van der Waals surface area contributed by atoms with Crippen molar-refractivity contribution in [3.63, 3.8) is 0 Å². The summed E-state index contributed by atoms with van der Waals surface area (Å²) in [6, 6.07) is 8.18. The predicted octanol–water partition coefficient (Wildman–Crippen LogP) is 3.01. The molecule has 16 heavy (non-hydrogen) atoms. The van der Waals surface area contributed by atoms with Crippen LogP contribution in [0.4, 0.5) is 0 Å². The molecule has 0 radical (unpaired) electrons. The van der Waals surface area contributed by atoms with Crippen LogP contribution in [0.3, 0.4) is 0 Å². The lowest BCUT2D eigenvalue weighted by molar-refractivity contribution is 0.112. The fourth-order valence-corrected chi connectivity index (χ4v) is 1.65. The Morgan fingerprint density at radius 2 is 1.94 bits per heavy atom. The fourth-order valence-electron chi connectivity index (χ4n) is 1.65. The van der Waals surface area contributed by atoms with Crippen LogP contribution in [0.1, 0.15) is 35.7 Å². The lowest BCUT2D eigenvalue weighted by Crippen LogP contribution is -1.88. The number of carbonyl (C=O) groups excluding carboxylic acids is 1. The number of aromatic amines is 1. The molecule has 0 atom stereocenters. The Morgan fingerprint density at radius 1 is 1.25 bits per heavy atom. The van der Waals surface area contributed by atoms with Crippen LogP contribution in [-0.4, -0.2) is 16.5 Å². The van der Waals surface area contributed by atoms with Crippen molar-refractivity contribution in [1.82, 2.24) is 10.2 Å². The Labute approximate surface area is 94.5 Å². The summed E-state index contributed by atoms with van der Waals surface area (Å²) in [5.41, 5.74) is 3.66. The average molecular weight is 214 g/mol. The van der Waals surface area contributed by atoms with E-state index in [0.717, 1.165) is 17.5 Å². The van der Waals surface area contributed by atoms with Crippen molar-refractivity contribution >= 4 is 6.29 Å². The molecular formula is C13H14N2O. The highest BCUT2D eigenvalue weighted by Gasteiger charge is 2.07. The molecule has 1 N–H and O–H groups in total. The van der Waals surface area contributed by atoms with E-state index in [0.29, 0.717) is 11.5 Å². The molecule has 0 saturated carbocycles. The molecule has 2 rings (SSSR count). The second kappa shape index (κ2) is 4.31. The average Bonchev–Trinajstić information content (AvgIpc) is 2.77. The molecule has 0 aliphatic carbocycles. The number of H-pyrrole nitrogens is 1. The van der Waals surface area contributed by atoms with Gasteiger partial charge in [-0.3, -0.25) is 9.89 Å². The number of aromatic nitrogens is 2. The van der Waals surface area contributed by atoms with E-state index in [9.17, 15) is 4.79 Å². The molecule has 0 unspecified atom stereocenters. The van der Waals surface area contributed by atoms with Crippen LogP contribution >= 0.6 is 0 Å². The molecule has 3 heteroatoms. The van der Waals surface area contributed by atoms with Gasteiger partial charge < -0.3 is 0 Å². The Morgan fingerprint density at radius 3 is 2.50 bits per heavy atom. The Balaban J connectivity index is 2.38. The number of hydrogen-bond donors (Lipinski definition) is 1. The summed E-state index contributed by atoms with van der Waals surface area (Å²) in [6.07, 6.45) is 2.36. The van der Waals surface area contributed by atoms with Gasteiger partial charge in [0.25, 0.3) is 0 Å². The molecule has 1 aromatic heterocycles. The number of aldehydes is 1. The maximum absolute atomic E-state index is 10.8. The second-order valence-corrected chi connectivity index (χ2v) is 4.09. The fraction of sp³-hybridized carbons (Fsp3) is 0.231. The topological polar surface area (TPSA) is 45.8 Å². The first-order chi connectivity index (χ1) is 7.72. The second-order valence-electron chi connectivity index (χ2n) is 4.09. The van der Waals surface area contributed by atoms with Crippen molar-refractivity contribution in [2.45, 2.75) is 19.8 Å². The van der Waals surface area contributed by atoms with Crippen molar-refractivity contribution in [2.24, 2.45) is 0 Å². The molecular weight excluding hydrogens is 200 g/mol. The number of nitrogens with one attached hydrogen (secondary N) is 1. The van der Waals surface area contributed by atoms with Crippen molar-refractivity contribution in [2.75, 3.05) is 0 Å². The van der Waals surface area contributed by atoms with Gasteiger partial charge in [0.15, 0.2) is 6.29 Å². The lowest BCUT2D eigenvalue weighted by atomic mass is 10.00. The zero-order chi connectivity index (χ0) is 11.5. The van der Waals surface area contributed by atoms with Gasteiger partial charge in [-0.1, -0.05) is 38.1 Å². The molecule has 0 bridgehead atoms. The maximum atomic E-state index is 10.8. The minimum Gasteiger partial charge on any atom is -0.298 e. The quantitative estimate of drug-likeness (QED) is 0.798. The van der Waals surface area contributed by atoms with Crippen LogP contribution in [0, 0.1) is 0 Å². The highest BCUT2D eigenvalue weighted by molar-refractivity contribution is 5.85. The van der Waals surface area contributed by atoms with Crippen LogP contribution in [-0.2, 0) is 0 Å². The van der Waals surface area contributed by atoms with Crippen LogP contribution in [0.5, 0.6) is 0 Å². The molecule has 2 aromatic rings. The van der Waals surface area contributed by atoms with Gasteiger partial charge in [0.05, 0.1) is 17.5 Å². The smallest absolute Gasteiger partial charge is 0.153 e. The van der Waals surface area contributed by atoms with Crippen LogP contribution in [0.25, 0.3) is 11.3 Å². The van der Waals surface area contributed by atoms with E-state index in [1.165, 1.54) is 5.56 Å². The lowest BCUT2D eigenvalue weighted by Gasteiger charge is -2.06. The van der Waals surface area contributed by atoms with E-state index in [4.69, 9.17) is 0 Å². The molecule has 1 heterocycles. The molecule has 82 valence electrons. The van der Waals surface area contributed by atoms with E-state index in [2.05, 4.69) is 36.2 Å². The summed E-state index contributed by atoms with van der Waals surface area (Å²) in [5.74, 6) is 0.515.